The molecule has 12 heteroatoms. The SMILES string of the molecule is Cc1c(Oc2cccc(C=C3SC(=O)NC3=O)c2)ncnc1OC1CCN(S(=O)(=O)C(C)C)CC1. The minimum Gasteiger partial charge on any atom is -0.474 e. The van der Waals surface area contributed by atoms with Gasteiger partial charge in [0.05, 0.1) is 15.7 Å². The van der Waals surface area contributed by atoms with Crippen molar-refractivity contribution < 1.29 is 27.5 Å². The fraction of sp³-hybridized carbons (Fsp3) is 0.391. The Labute approximate surface area is 208 Å². The molecule has 4 rings (SSSR count). The number of sulfonamides is 1. The van der Waals surface area contributed by atoms with Crippen molar-refractivity contribution in [3.63, 3.8) is 0 Å². The number of benzene rings is 1. The third-order valence-corrected chi connectivity index (χ3v) is 8.73. The number of carbonyl (C=O) groups is 2. The minimum atomic E-state index is -3.27. The molecular weight excluding hydrogens is 492 g/mol. The number of nitrogens with zero attached hydrogens (tertiary/aromatic N) is 3. The highest BCUT2D eigenvalue weighted by atomic mass is 32.2. The van der Waals surface area contributed by atoms with E-state index < -0.39 is 26.4 Å². The Kier molecular flexibility index (Phi) is 7.43. The Balaban J connectivity index is 1.43. The Bertz CT molecular complexity index is 1270. The van der Waals surface area contributed by atoms with Crippen LogP contribution < -0.4 is 14.8 Å². The zero-order chi connectivity index (χ0) is 25.2. The van der Waals surface area contributed by atoms with Crippen molar-refractivity contribution in [1.29, 1.82) is 0 Å². The second-order valence-corrected chi connectivity index (χ2v) is 11.9. The molecule has 2 saturated heterocycles. The van der Waals surface area contributed by atoms with Gasteiger partial charge in [-0.15, -0.1) is 0 Å². The molecule has 1 N–H and O–H groups in total. The summed E-state index contributed by atoms with van der Waals surface area (Å²) in [5, 5.41) is 1.38. The number of piperidine rings is 1. The van der Waals surface area contributed by atoms with Gasteiger partial charge in [0.25, 0.3) is 11.1 Å². The van der Waals surface area contributed by atoms with Gasteiger partial charge in [0.1, 0.15) is 18.2 Å². The van der Waals surface area contributed by atoms with E-state index in [2.05, 4.69) is 15.3 Å². The van der Waals surface area contributed by atoms with E-state index in [4.69, 9.17) is 9.47 Å². The molecular formula is C23H26N4O6S2. The van der Waals surface area contributed by atoms with E-state index in [9.17, 15) is 18.0 Å². The molecule has 3 heterocycles. The van der Waals surface area contributed by atoms with E-state index in [-0.39, 0.29) is 6.10 Å². The summed E-state index contributed by atoms with van der Waals surface area (Å²) in [6.45, 7) is 5.97. The van der Waals surface area contributed by atoms with E-state index in [0.717, 1.165) is 11.8 Å². The van der Waals surface area contributed by atoms with Gasteiger partial charge in [-0.1, -0.05) is 12.1 Å². The lowest BCUT2D eigenvalue weighted by atomic mass is 10.1. The molecule has 2 aliphatic heterocycles. The van der Waals surface area contributed by atoms with Gasteiger partial charge in [-0.05, 0) is 69.1 Å². The van der Waals surface area contributed by atoms with Crippen molar-refractivity contribution in [2.45, 2.75) is 45.0 Å². The van der Waals surface area contributed by atoms with Crippen LogP contribution in [0.2, 0.25) is 0 Å². The van der Waals surface area contributed by atoms with E-state index >= 15 is 0 Å². The van der Waals surface area contributed by atoms with Crippen LogP contribution in [0, 0.1) is 6.92 Å². The maximum atomic E-state index is 12.4. The van der Waals surface area contributed by atoms with E-state index in [1.54, 1.807) is 51.1 Å². The molecule has 10 nitrogen and oxygen atoms in total. The highest BCUT2D eigenvalue weighted by molar-refractivity contribution is 8.18. The van der Waals surface area contributed by atoms with Gasteiger partial charge in [-0.3, -0.25) is 14.9 Å². The summed E-state index contributed by atoms with van der Waals surface area (Å²) in [6, 6.07) is 7.05. The molecule has 2 aliphatic rings. The fourth-order valence-electron chi connectivity index (χ4n) is 3.65. The molecule has 0 spiro atoms. The molecule has 0 bridgehead atoms. The summed E-state index contributed by atoms with van der Waals surface area (Å²) < 4.78 is 38.3. The summed E-state index contributed by atoms with van der Waals surface area (Å²) in [5.74, 6) is 0.778. The number of ether oxygens (including phenoxy) is 2. The van der Waals surface area contributed by atoms with Crippen molar-refractivity contribution in [2.75, 3.05) is 13.1 Å². The van der Waals surface area contributed by atoms with Crippen LogP contribution in [0.25, 0.3) is 6.08 Å². The number of nitrogens with one attached hydrogen (secondary N) is 1. The van der Waals surface area contributed by atoms with Gasteiger partial charge in [0, 0.05) is 13.1 Å². The number of hydrogen-bond acceptors (Lipinski definition) is 9. The lowest BCUT2D eigenvalue weighted by molar-refractivity contribution is -0.115. The predicted octanol–water partition coefficient (Wildman–Crippen LogP) is 3.48. The topological polar surface area (TPSA) is 128 Å². The van der Waals surface area contributed by atoms with Crippen molar-refractivity contribution in [3.8, 4) is 17.5 Å². The van der Waals surface area contributed by atoms with Crippen LogP contribution in [0.5, 0.6) is 17.5 Å². The quantitative estimate of drug-likeness (QED) is 0.548. The first-order valence-corrected chi connectivity index (χ1v) is 13.5. The Morgan fingerprint density at radius 2 is 1.89 bits per heavy atom. The number of carbonyl (C=O) groups excluding carboxylic acids is 2. The zero-order valence-corrected chi connectivity index (χ0v) is 21.2. The Morgan fingerprint density at radius 1 is 1.17 bits per heavy atom. The van der Waals surface area contributed by atoms with Crippen LogP contribution in [-0.2, 0) is 14.8 Å². The highest BCUT2D eigenvalue weighted by Gasteiger charge is 2.31. The van der Waals surface area contributed by atoms with Crippen LogP contribution in [0.4, 0.5) is 4.79 Å². The van der Waals surface area contributed by atoms with Crippen molar-refractivity contribution in [2.24, 2.45) is 0 Å². The molecule has 0 atom stereocenters. The highest BCUT2D eigenvalue weighted by Crippen LogP contribution is 2.31. The second-order valence-electron chi connectivity index (χ2n) is 8.45. The van der Waals surface area contributed by atoms with Gasteiger partial charge >= 0.3 is 0 Å². The maximum absolute atomic E-state index is 12.4. The number of rotatable bonds is 7. The fourth-order valence-corrected chi connectivity index (χ4v) is 5.65. The van der Waals surface area contributed by atoms with Crippen LogP contribution in [0.15, 0.2) is 35.5 Å². The monoisotopic (exact) mass is 518 g/mol. The van der Waals surface area contributed by atoms with E-state index in [0.29, 0.717) is 59.5 Å². The summed E-state index contributed by atoms with van der Waals surface area (Å²) in [6.07, 6.45) is 3.94. The van der Waals surface area contributed by atoms with Gasteiger partial charge in [-0.2, -0.15) is 0 Å². The zero-order valence-electron chi connectivity index (χ0n) is 19.6. The summed E-state index contributed by atoms with van der Waals surface area (Å²) in [7, 11) is -3.27. The second kappa shape index (κ2) is 10.3. The van der Waals surface area contributed by atoms with Gasteiger partial charge in [0.15, 0.2) is 0 Å². The van der Waals surface area contributed by atoms with Crippen LogP contribution >= 0.6 is 11.8 Å². The molecule has 2 fully saturated rings. The molecule has 186 valence electrons. The molecule has 0 aliphatic carbocycles. The summed E-state index contributed by atoms with van der Waals surface area (Å²) in [5.41, 5.74) is 1.31. The lowest BCUT2D eigenvalue weighted by Crippen LogP contribution is -2.44. The average molecular weight is 519 g/mol. The van der Waals surface area contributed by atoms with Crippen LogP contribution in [0.3, 0.4) is 0 Å². The average Bonchev–Trinajstić information content (AvgIpc) is 3.13. The first kappa shape index (κ1) is 25.1. The summed E-state index contributed by atoms with van der Waals surface area (Å²) >= 11 is 0.849. The molecule has 2 amide bonds. The van der Waals surface area contributed by atoms with E-state index in [1.165, 1.54) is 10.6 Å². The molecule has 0 unspecified atom stereocenters. The largest absolute Gasteiger partial charge is 0.474 e. The summed E-state index contributed by atoms with van der Waals surface area (Å²) in [4.78, 5) is 31.9. The number of thioether (sulfide) groups is 1. The lowest BCUT2D eigenvalue weighted by Gasteiger charge is -2.32. The van der Waals surface area contributed by atoms with E-state index in [1.807, 2.05) is 0 Å². The molecule has 2 aromatic rings. The van der Waals surface area contributed by atoms with Gasteiger partial charge < -0.3 is 9.47 Å². The molecule has 1 aromatic carbocycles. The minimum absolute atomic E-state index is 0.164. The Morgan fingerprint density at radius 3 is 2.54 bits per heavy atom. The third-order valence-electron chi connectivity index (χ3n) is 5.64. The predicted molar refractivity (Wildman–Crippen MR) is 132 cm³/mol. The van der Waals surface area contributed by atoms with Crippen molar-refractivity contribution in [3.05, 3.63) is 46.6 Å². The number of aromatic nitrogens is 2. The van der Waals surface area contributed by atoms with Crippen molar-refractivity contribution >= 4 is 39.0 Å². The first-order chi connectivity index (χ1) is 16.6. The molecule has 1 aromatic heterocycles. The standard InChI is InChI=1S/C23H26N4O6S2/c1-14(2)35(30,31)27-9-7-17(8-10-27)32-21-15(3)22(25-13-24-21)33-18-6-4-5-16(11-18)12-19-20(28)26-23(29)34-19/h4-6,11-14,17H,7-10H2,1-3H3,(H,26,28,29). The normalized spacial score (nSPS) is 18.8. The first-order valence-electron chi connectivity index (χ1n) is 11.1. The molecule has 0 saturated carbocycles. The smallest absolute Gasteiger partial charge is 0.290 e. The Hall–Kier alpha value is -2.96. The number of imide groups is 1. The van der Waals surface area contributed by atoms with Crippen molar-refractivity contribution in [1.82, 2.24) is 19.6 Å². The maximum Gasteiger partial charge on any atom is 0.290 e. The van der Waals surface area contributed by atoms with Crippen LogP contribution in [0.1, 0.15) is 37.8 Å². The van der Waals surface area contributed by atoms with Crippen LogP contribution in [-0.4, -0.2) is 58.3 Å². The number of hydrogen-bond donors (Lipinski definition) is 1. The molecule has 0 radical (unpaired) electrons. The molecule has 35 heavy (non-hydrogen) atoms. The van der Waals surface area contributed by atoms with Gasteiger partial charge in [0.2, 0.25) is 21.8 Å². The van der Waals surface area contributed by atoms with Gasteiger partial charge in [-0.25, -0.2) is 22.7 Å². The third kappa shape index (κ3) is 5.82. The number of amides is 2.